The highest BCUT2D eigenvalue weighted by Gasteiger charge is 2.14. The van der Waals surface area contributed by atoms with Gasteiger partial charge in [0.15, 0.2) is 0 Å². The summed E-state index contributed by atoms with van der Waals surface area (Å²) in [6, 6.07) is 21.9. The van der Waals surface area contributed by atoms with Gasteiger partial charge in [0.25, 0.3) is 5.56 Å². The molecule has 4 aromatic rings. The number of hydrogen-bond donors (Lipinski definition) is 2. The minimum atomic E-state index is -0.166. The van der Waals surface area contributed by atoms with Crippen molar-refractivity contribution in [2.75, 3.05) is 11.5 Å². The van der Waals surface area contributed by atoms with Gasteiger partial charge < -0.3 is 11.5 Å². The van der Waals surface area contributed by atoms with Crippen LogP contribution in [0.4, 0.5) is 11.4 Å². The van der Waals surface area contributed by atoms with Crippen molar-refractivity contribution < 1.29 is 0 Å². The number of para-hydroxylation sites is 1. The van der Waals surface area contributed by atoms with Crippen molar-refractivity contribution in [3.63, 3.8) is 0 Å². The third-order valence-electron chi connectivity index (χ3n) is 4.05. The normalized spacial score (nSPS) is 10.9. The minimum Gasteiger partial charge on any atom is -0.399 e. The quantitative estimate of drug-likeness (QED) is 0.553. The Bertz CT molecular complexity index is 1130. The van der Waals surface area contributed by atoms with Crippen LogP contribution in [0.2, 0.25) is 0 Å². The summed E-state index contributed by atoms with van der Waals surface area (Å²) in [5.41, 5.74) is 14.9. The third-order valence-corrected chi connectivity index (χ3v) is 4.05. The van der Waals surface area contributed by atoms with Crippen LogP contribution in [0.15, 0.2) is 77.6 Å². The lowest BCUT2D eigenvalue weighted by atomic mass is 10.1. The summed E-state index contributed by atoms with van der Waals surface area (Å²) in [6.07, 6.45) is 0. The zero-order valence-electron chi connectivity index (χ0n) is 13.4. The largest absolute Gasteiger partial charge is 0.399 e. The van der Waals surface area contributed by atoms with Crippen molar-refractivity contribution in [1.82, 2.24) is 9.55 Å². The Kier molecular flexibility index (Phi) is 3.47. The molecule has 4 N–H and O–H groups in total. The van der Waals surface area contributed by atoms with Crippen LogP contribution in [0, 0.1) is 0 Å². The van der Waals surface area contributed by atoms with Gasteiger partial charge in [0.2, 0.25) is 0 Å². The van der Waals surface area contributed by atoms with Crippen molar-refractivity contribution in [3.8, 4) is 17.1 Å². The van der Waals surface area contributed by atoms with Crippen LogP contribution in [0.1, 0.15) is 0 Å². The average Bonchev–Trinajstić information content (AvgIpc) is 2.63. The van der Waals surface area contributed by atoms with Crippen LogP contribution < -0.4 is 17.0 Å². The van der Waals surface area contributed by atoms with Gasteiger partial charge in [-0.1, -0.05) is 30.3 Å². The zero-order chi connectivity index (χ0) is 17.4. The topological polar surface area (TPSA) is 86.9 Å². The molecule has 0 amide bonds. The van der Waals surface area contributed by atoms with Crippen molar-refractivity contribution >= 4 is 22.3 Å². The lowest BCUT2D eigenvalue weighted by molar-refractivity contribution is 0.976. The second-order valence-electron chi connectivity index (χ2n) is 5.81. The van der Waals surface area contributed by atoms with Gasteiger partial charge in [-0.05, 0) is 42.5 Å². The summed E-state index contributed by atoms with van der Waals surface area (Å²) in [5, 5.41) is 0.483. The van der Waals surface area contributed by atoms with Crippen molar-refractivity contribution in [1.29, 1.82) is 0 Å². The van der Waals surface area contributed by atoms with Gasteiger partial charge in [-0.15, -0.1) is 0 Å². The van der Waals surface area contributed by atoms with E-state index in [4.69, 9.17) is 16.5 Å². The molecule has 25 heavy (non-hydrogen) atoms. The molecule has 0 radical (unpaired) electrons. The van der Waals surface area contributed by atoms with Crippen LogP contribution in [-0.4, -0.2) is 9.55 Å². The number of hydrogen-bond acceptors (Lipinski definition) is 4. The van der Waals surface area contributed by atoms with Gasteiger partial charge >= 0.3 is 0 Å². The fourth-order valence-electron chi connectivity index (χ4n) is 2.89. The van der Waals surface area contributed by atoms with E-state index in [1.54, 1.807) is 28.8 Å². The van der Waals surface area contributed by atoms with Crippen LogP contribution >= 0.6 is 0 Å². The molecule has 0 atom stereocenters. The van der Waals surface area contributed by atoms with Crippen LogP contribution in [-0.2, 0) is 0 Å². The van der Waals surface area contributed by atoms with E-state index >= 15 is 0 Å². The fourth-order valence-corrected chi connectivity index (χ4v) is 2.89. The molecule has 0 saturated carbocycles. The molecule has 4 rings (SSSR count). The highest BCUT2D eigenvalue weighted by Crippen LogP contribution is 2.24. The Balaban J connectivity index is 2.14. The van der Waals surface area contributed by atoms with E-state index in [1.165, 1.54) is 0 Å². The molecule has 1 aromatic heterocycles. The Labute approximate surface area is 144 Å². The minimum absolute atomic E-state index is 0.166. The third kappa shape index (κ3) is 2.61. The second kappa shape index (κ2) is 5.79. The van der Waals surface area contributed by atoms with Crippen molar-refractivity contribution in [2.45, 2.75) is 0 Å². The Morgan fingerprint density at radius 1 is 0.800 bits per heavy atom. The zero-order valence-corrected chi connectivity index (χ0v) is 13.4. The average molecular weight is 328 g/mol. The molecular formula is C20H16N4O. The number of aromatic nitrogens is 2. The number of nitrogens with two attached hydrogens (primary N) is 2. The van der Waals surface area contributed by atoms with Gasteiger partial charge in [0.1, 0.15) is 5.82 Å². The van der Waals surface area contributed by atoms with Crippen LogP contribution in [0.25, 0.3) is 28.0 Å². The summed E-state index contributed by atoms with van der Waals surface area (Å²) in [7, 11) is 0. The van der Waals surface area contributed by atoms with Gasteiger partial charge in [-0.25, -0.2) is 4.98 Å². The molecule has 5 nitrogen and oxygen atoms in total. The summed E-state index contributed by atoms with van der Waals surface area (Å²) >= 11 is 0. The number of nitrogen functional groups attached to an aromatic ring is 2. The highest BCUT2D eigenvalue weighted by atomic mass is 16.1. The molecule has 0 aliphatic rings. The Hall–Kier alpha value is -3.60. The maximum absolute atomic E-state index is 13.2. The molecular weight excluding hydrogens is 312 g/mol. The first-order chi connectivity index (χ1) is 12.1. The van der Waals surface area contributed by atoms with E-state index in [0.717, 1.165) is 11.3 Å². The predicted octanol–water partition coefficient (Wildman–Crippen LogP) is 3.22. The summed E-state index contributed by atoms with van der Waals surface area (Å²) < 4.78 is 1.59. The number of nitrogens with zero attached hydrogens (tertiary/aromatic N) is 2. The molecule has 0 aliphatic carbocycles. The van der Waals surface area contributed by atoms with Gasteiger partial charge in [-0.2, -0.15) is 0 Å². The SMILES string of the molecule is Nc1cccc(-c2nc3ccc(N)cc3c(=O)n2-c2ccccc2)c1. The molecule has 0 spiro atoms. The molecule has 5 heteroatoms. The van der Waals surface area contributed by atoms with Gasteiger partial charge in [-0.3, -0.25) is 9.36 Å². The number of fused-ring (bicyclic) bond motifs is 1. The van der Waals surface area contributed by atoms with E-state index in [2.05, 4.69) is 0 Å². The highest BCUT2D eigenvalue weighted by molar-refractivity contribution is 5.83. The molecule has 122 valence electrons. The standard InChI is InChI=1S/C20H16N4O/c21-14-6-4-5-13(11-14)19-23-18-10-9-15(22)12-17(18)20(25)24(19)16-7-2-1-3-8-16/h1-12H,21-22H2. The summed E-state index contributed by atoms with van der Waals surface area (Å²) in [6.45, 7) is 0. The lowest BCUT2D eigenvalue weighted by Gasteiger charge is -2.14. The van der Waals surface area contributed by atoms with Gasteiger partial charge in [0.05, 0.1) is 16.6 Å². The van der Waals surface area contributed by atoms with Crippen molar-refractivity contribution in [2.24, 2.45) is 0 Å². The van der Waals surface area contributed by atoms with E-state index in [1.807, 2.05) is 48.5 Å². The number of rotatable bonds is 2. The first-order valence-corrected chi connectivity index (χ1v) is 7.87. The molecule has 1 heterocycles. The van der Waals surface area contributed by atoms with E-state index in [9.17, 15) is 4.79 Å². The Morgan fingerprint density at radius 2 is 1.56 bits per heavy atom. The molecule has 0 unspecified atom stereocenters. The maximum atomic E-state index is 13.2. The fraction of sp³-hybridized carbons (Fsp3) is 0. The van der Waals surface area contributed by atoms with Crippen LogP contribution in [0.5, 0.6) is 0 Å². The first kappa shape index (κ1) is 15.0. The smallest absolute Gasteiger partial charge is 0.266 e. The lowest BCUT2D eigenvalue weighted by Crippen LogP contribution is -2.22. The van der Waals surface area contributed by atoms with Gasteiger partial charge in [0, 0.05) is 16.9 Å². The molecule has 0 bridgehead atoms. The maximum Gasteiger partial charge on any atom is 0.266 e. The molecule has 0 saturated heterocycles. The van der Waals surface area contributed by atoms with E-state index in [0.29, 0.717) is 28.1 Å². The molecule has 0 fully saturated rings. The van der Waals surface area contributed by atoms with E-state index in [-0.39, 0.29) is 5.56 Å². The monoisotopic (exact) mass is 328 g/mol. The number of anilines is 2. The summed E-state index contributed by atoms with van der Waals surface area (Å²) in [4.78, 5) is 17.9. The van der Waals surface area contributed by atoms with Crippen molar-refractivity contribution in [3.05, 3.63) is 83.2 Å². The molecule has 3 aromatic carbocycles. The Morgan fingerprint density at radius 3 is 2.32 bits per heavy atom. The summed E-state index contributed by atoms with van der Waals surface area (Å²) in [5.74, 6) is 0.542. The van der Waals surface area contributed by atoms with Crippen LogP contribution in [0.3, 0.4) is 0 Å². The van der Waals surface area contributed by atoms with E-state index < -0.39 is 0 Å². The molecule has 0 aliphatic heterocycles. The number of benzene rings is 3. The second-order valence-corrected chi connectivity index (χ2v) is 5.81. The first-order valence-electron chi connectivity index (χ1n) is 7.87. The predicted molar refractivity (Wildman–Crippen MR) is 102 cm³/mol.